The van der Waals surface area contributed by atoms with E-state index in [4.69, 9.17) is 16.3 Å². The lowest BCUT2D eigenvalue weighted by molar-refractivity contribution is 0.0525. The molecule has 8 heteroatoms. The van der Waals surface area contributed by atoms with E-state index in [0.717, 1.165) is 29.5 Å². The molecule has 0 spiro atoms. The quantitative estimate of drug-likeness (QED) is 0.525. The van der Waals surface area contributed by atoms with Gasteiger partial charge in [0.25, 0.3) is 5.91 Å². The first-order valence-corrected chi connectivity index (χ1v) is 11.4. The highest BCUT2D eigenvalue weighted by atomic mass is 35.5. The van der Waals surface area contributed by atoms with Crippen molar-refractivity contribution in [3.8, 4) is 5.69 Å². The van der Waals surface area contributed by atoms with Crippen molar-refractivity contribution in [3.63, 3.8) is 0 Å². The molecule has 0 unspecified atom stereocenters. The molecule has 33 heavy (non-hydrogen) atoms. The first kappa shape index (κ1) is 22.9. The highest BCUT2D eigenvalue weighted by molar-refractivity contribution is 6.30. The number of carbonyl (C=O) groups is 2. The van der Waals surface area contributed by atoms with Gasteiger partial charge >= 0.3 is 5.97 Å². The number of piperazine rings is 1. The Morgan fingerprint density at radius 1 is 1.03 bits per heavy atom. The molecule has 4 rings (SSSR count). The molecule has 1 saturated heterocycles. The molecule has 3 aromatic rings. The third-order valence-corrected chi connectivity index (χ3v) is 6.18. The van der Waals surface area contributed by atoms with Crippen molar-refractivity contribution in [2.24, 2.45) is 0 Å². The molecule has 0 atom stereocenters. The summed E-state index contributed by atoms with van der Waals surface area (Å²) in [5.41, 5.74) is 4.83. The van der Waals surface area contributed by atoms with Gasteiger partial charge in [0.15, 0.2) is 0 Å². The standard InChI is InChI=1S/C25H27ClN4O3/c1-4-33-25(32)22-16-27-30(18(22)3)21-9-6-19(7-10-21)24(31)29-13-11-28(12-14-29)23-15-20(26)8-5-17(23)2/h5-10,15-16H,4,11-14H2,1-3H3. The Morgan fingerprint density at radius 3 is 2.39 bits per heavy atom. The molecule has 1 aliphatic rings. The molecule has 7 nitrogen and oxygen atoms in total. The van der Waals surface area contributed by atoms with Gasteiger partial charge in [0.2, 0.25) is 0 Å². The highest BCUT2D eigenvalue weighted by Crippen LogP contribution is 2.26. The predicted octanol–water partition coefficient (Wildman–Crippen LogP) is 4.28. The molecule has 1 aromatic heterocycles. The van der Waals surface area contributed by atoms with Crippen LogP contribution in [0.3, 0.4) is 0 Å². The number of benzene rings is 2. The molecule has 0 N–H and O–H groups in total. The summed E-state index contributed by atoms with van der Waals surface area (Å²) >= 11 is 6.17. The summed E-state index contributed by atoms with van der Waals surface area (Å²) in [6.45, 7) is 8.78. The van der Waals surface area contributed by atoms with E-state index >= 15 is 0 Å². The minimum Gasteiger partial charge on any atom is -0.462 e. The molecule has 2 aromatic carbocycles. The second-order valence-electron chi connectivity index (χ2n) is 8.03. The van der Waals surface area contributed by atoms with Crippen molar-refractivity contribution < 1.29 is 14.3 Å². The number of anilines is 1. The van der Waals surface area contributed by atoms with Crippen molar-refractivity contribution in [3.05, 3.63) is 76.1 Å². The van der Waals surface area contributed by atoms with Crippen LogP contribution in [-0.4, -0.2) is 59.3 Å². The van der Waals surface area contributed by atoms with Crippen LogP contribution in [-0.2, 0) is 4.74 Å². The predicted molar refractivity (Wildman–Crippen MR) is 129 cm³/mol. The van der Waals surface area contributed by atoms with Gasteiger partial charge in [-0.25, -0.2) is 9.48 Å². The summed E-state index contributed by atoms with van der Waals surface area (Å²) in [6, 6.07) is 13.2. The number of rotatable bonds is 5. The van der Waals surface area contributed by atoms with Gasteiger partial charge in [0, 0.05) is 42.5 Å². The molecule has 2 heterocycles. The van der Waals surface area contributed by atoms with Crippen LogP contribution < -0.4 is 4.90 Å². The molecule has 0 bridgehead atoms. The van der Waals surface area contributed by atoms with Gasteiger partial charge in [-0.1, -0.05) is 17.7 Å². The van der Waals surface area contributed by atoms with Crippen molar-refractivity contribution in [2.75, 3.05) is 37.7 Å². The maximum Gasteiger partial charge on any atom is 0.341 e. The maximum atomic E-state index is 13.0. The number of nitrogens with zero attached hydrogens (tertiary/aromatic N) is 4. The average Bonchev–Trinajstić information content (AvgIpc) is 3.22. The Bertz CT molecular complexity index is 1160. The fourth-order valence-electron chi connectivity index (χ4n) is 4.08. The minimum atomic E-state index is -0.389. The van der Waals surface area contributed by atoms with E-state index in [-0.39, 0.29) is 11.9 Å². The van der Waals surface area contributed by atoms with Crippen molar-refractivity contribution in [2.45, 2.75) is 20.8 Å². The van der Waals surface area contributed by atoms with Crippen molar-refractivity contribution >= 4 is 29.2 Å². The summed E-state index contributed by atoms with van der Waals surface area (Å²) in [5.74, 6) is -0.381. The average molecular weight is 467 g/mol. The molecule has 0 aliphatic carbocycles. The zero-order chi connectivity index (χ0) is 23.5. The molecule has 0 saturated carbocycles. The topological polar surface area (TPSA) is 67.7 Å². The zero-order valence-corrected chi connectivity index (χ0v) is 19.8. The van der Waals surface area contributed by atoms with Gasteiger partial charge in [-0.05, 0) is 62.7 Å². The van der Waals surface area contributed by atoms with Crippen LogP contribution in [0.2, 0.25) is 5.02 Å². The summed E-state index contributed by atoms with van der Waals surface area (Å²) in [5, 5.41) is 5.03. The van der Waals surface area contributed by atoms with Gasteiger partial charge in [-0.3, -0.25) is 4.79 Å². The molecule has 1 fully saturated rings. The largest absolute Gasteiger partial charge is 0.462 e. The lowest BCUT2D eigenvalue weighted by atomic mass is 10.1. The van der Waals surface area contributed by atoms with Gasteiger partial charge in [0.1, 0.15) is 5.56 Å². The van der Waals surface area contributed by atoms with Crippen LogP contribution >= 0.6 is 11.6 Å². The Labute approximate surface area is 198 Å². The third-order valence-electron chi connectivity index (χ3n) is 5.94. The number of hydrogen-bond acceptors (Lipinski definition) is 5. The molecule has 0 radical (unpaired) electrons. The lowest BCUT2D eigenvalue weighted by Gasteiger charge is -2.37. The summed E-state index contributed by atoms with van der Waals surface area (Å²) in [6.07, 6.45) is 1.51. The minimum absolute atomic E-state index is 0.00779. The number of carbonyl (C=O) groups excluding carboxylic acids is 2. The number of aryl methyl sites for hydroxylation is 1. The van der Waals surface area contributed by atoms with Gasteiger partial charge in [-0.15, -0.1) is 0 Å². The van der Waals surface area contributed by atoms with Crippen LogP contribution in [0.1, 0.15) is 38.9 Å². The van der Waals surface area contributed by atoms with Gasteiger partial charge in [0.05, 0.1) is 24.2 Å². The first-order chi connectivity index (χ1) is 15.9. The van der Waals surface area contributed by atoms with E-state index in [2.05, 4.69) is 16.9 Å². The third kappa shape index (κ3) is 4.73. The zero-order valence-electron chi connectivity index (χ0n) is 19.0. The van der Waals surface area contributed by atoms with E-state index in [0.29, 0.717) is 36.5 Å². The summed E-state index contributed by atoms with van der Waals surface area (Å²) < 4.78 is 6.74. The van der Waals surface area contributed by atoms with Crippen molar-refractivity contribution in [1.29, 1.82) is 0 Å². The summed E-state index contributed by atoms with van der Waals surface area (Å²) in [4.78, 5) is 29.2. The number of amides is 1. The summed E-state index contributed by atoms with van der Waals surface area (Å²) in [7, 11) is 0. The van der Waals surface area contributed by atoms with Gasteiger partial charge in [-0.2, -0.15) is 5.10 Å². The fraction of sp³-hybridized carbons (Fsp3) is 0.320. The van der Waals surface area contributed by atoms with Crippen LogP contribution in [0.15, 0.2) is 48.7 Å². The normalized spacial score (nSPS) is 13.8. The first-order valence-electron chi connectivity index (χ1n) is 11.0. The second kappa shape index (κ2) is 9.67. The number of ether oxygens (including phenoxy) is 1. The second-order valence-corrected chi connectivity index (χ2v) is 8.47. The lowest BCUT2D eigenvalue weighted by Crippen LogP contribution is -2.49. The monoisotopic (exact) mass is 466 g/mol. The number of aromatic nitrogens is 2. The van der Waals surface area contributed by atoms with Gasteiger partial charge < -0.3 is 14.5 Å². The van der Waals surface area contributed by atoms with E-state index < -0.39 is 0 Å². The fourth-order valence-corrected chi connectivity index (χ4v) is 4.25. The van der Waals surface area contributed by atoms with Crippen molar-refractivity contribution in [1.82, 2.24) is 14.7 Å². The molecular formula is C25H27ClN4O3. The molecular weight excluding hydrogens is 440 g/mol. The number of halogens is 1. The van der Waals surface area contributed by atoms with E-state index in [1.54, 1.807) is 23.7 Å². The van der Waals surface area contributed by atoms with Crippen LogP contribution in [0.5, 0.6) is 0 Å². The SMILES string of the molecule is CCOC(=O)c1cnn(-c2ccc(C(=O)N3CCN(c4cc(Cl)ccc4C)CC3)cc2)c1C. The Hall–Kier alpha value is -3.32. The molecule has 1 aliphatic heterocycles. The van der Waals surface area contributed by atoms with Crippen LogP contribution in [0.4, 0.5) is 5.69 Å². The van der Waals surface area contributed by atoms with Crippen LogP contribution in [0.25, 0.3) is 5.69 Å². The molecule has 172 valence electrons. The Balaban J connectivity index is 1.42. The van der Waals surface area contributed by atoms with E-state index in [9.17, 15) is 9.59 Å². The van der Waals surface area contributed by atoms with Crippen LogP contribution in [0, 0.1) is 13.8 Å². The van der Waals surface area contributed by atoms with E-state index in [1.807, 2.05) is 42.2 Å². The Kier molecular flexibility index (Phi) is 6.70. The number of hydrogen-bond donors (Lipinski definition) is 0. The maximum absolute atomic E-state index is 13.0. The van der Waals surface area contributed by atoms with E-state index in [1.165, 1.54) is 11.8 Å². The smallest absolute Gasteiger partial charge is 0.341 e. The molecule has 1 amide bonds. The highest BCUT2D eigenvalue weighted by Gasteiger charge is 2.23. The number of esters is 1. The Morgan fingerprint density at radius 2 is 1.73 bits per heavy atom.